The molecule has 0 saturated carbocycles. The van der Waals surface area contributed by atoms with E-state index in [-0.39, 0.29) is 0 Å². The monoisotopic (exact) mass is 1040 g/mol. The van der Waals surface area contributed by atoms with Gasteiger partial charge in [0.15, 0.2) is 0 Å². The van der Waals surface area contributed by atoms with E-state index in [1.54, 1.807) is 0 Å². The van der Waals surface area contributed by atoms with E-state index >= 15 is 0 Å². The van der Waals surface area contributed by atoms with Gasteiger partial charge in [-0.25, -0.2) is 0 Å². The molecule has 81 heavy (non-hydrogen) atoms. The molecule has 1 aliphatic rings. The molecule has 2 heteroatoms. The van der Waals surface area contributed by atoms with Crippen LogP contribution >= 0.6 is 0 Å². The molecule has 0 bridgehead atoms. The molecule has 0 aliphatic heterocycles. The number of fused-ring (bicyclic) bond motifs is 6. The first kappa shape index (κ1) is 49.5. The summed E-state index contributed by atoms with van der Waals surface area (Å²) in [6.45, 7) is 4.52. The summed E-state index contributed by atoms with van der Waals surface area (Å²) in [7, 11) is 0. The van der Waals surface area contributed by atoms with Crippen LogP contribution in [0.3, 0.4) is 0 Å². The van der Waals surface area contributed by atoms with Crippen molar-refractivity contribution in [1.82, 2.24) is 4.57 Å². The van der Waals surface area contributed by atoms with Gasteiger partial charge in [0.1, 0.15) is 0 Å². The van der Waals surface area contributed by atoms with Crippen molar-refractivity contribution in [3.8, 4) is 61.3 Å². The van der Waals surface area contributed by atoms with E-state index in [1.165, 1.54) is 88.7 Å². The van der Waals surface area contributed by atoms with E-state index in [2.05, 4.69) is 315 Å². The molecule has 1 aromatic heterocycles. The Morgan fingerprint density at radius 2 is 0.741 bits per heavy atom. The maximum atomic E-state index is 2.51. The van der Waals surface area contributed by atoms with Gasteiger partial charge in [-0.15, -0.1) is 0 Å². The van der Waals surface area contributed by atoms with Gasteiger partial charge in [0.05, 0.1) is 22.1 Å². The zero-order valence-electron chi connectivity index (χ0n) is 45.9. The van der Waals surface area contributed by atoms with E-state index in [4.69, 9.17) is 0 Å². The first-order chi connectivity index (χ1) is 40.1. The Bertz CT molecular complexity index is 4210. The van der Waals surface area contributed by atoms with Crippen molar-refractivity contribution in [2.24, 2.45) is 0 Å². The lowest BCUT2D eigenvalue weighted by atomic mass is 9.67. The number of benzene rings is 12. The molecule has 0 saturated heterocycles. The summed E-state index contributed by atoms with van der Waals surface area (Å²) in [5, 5.41) is 2.68. The third kappa shape index (κ3) is 8.67. The van der Waals surface area contributed by atoms with E-state index in [0.29, 0.717) is 0 Å². The molecule has 0 N–H and O–H groups in total. The fraction of sp³-hybridized carbons (Fsp3) is 0.0886. The third-order valence-corrected chi connectivity index (χ3v) is 16.9. The summed E-state index contributed by atoms with van der Waals surface area (Å²) < 4.78 is 2.45. The molecule has 0 amide bonds. The molecule has 14 rings (SSSR count). The predicted octanol–water partition coefficient (Wildman–Crippen LogP) is 21.2. The van der Waals surface area contributed by atoms with E-state index < -0.39 is 5.41 Å². The molecule has 1 heterocycles. The number of aromatic nitrogens is 1. The second-order valence-corrected chi connectivity index (χ2v) is 21.7. The summed E-state index contributed by atoms with van der Waals surface area (Å²) in [5.41, 5.74) is 26.1. The van der Waals surface area contributed by atoms with Gasteiger partial charge in [0.25, 0.3) is 0 Å². The molecule has 0 unspecified atom stereocenters. The lowest BCUT2D eigenvalue weighted by Crippen LogP contribution is -2.28. The summed E-state index contributed by atoms with van der Waals surface area (Å²) in [6.07, 6.45) is 4.46. The van der Waals surface area contributed by atoms with Gasteiger partial charge < -0.3 is 9.47 Å². The van der Waals surface area contributed by atoms with E-state index in [1.807, 2.05) is 0 Å². The highest BCUT2D eigenvalue weighted by Gasteiger charge is 2.46. The van der Waals surface area contributed by atoms with Crippen molar-refractivity contribution >= 4 is 38.9 Å². The summed E-state index contributed by atoms with van der Waals surface area (Å²) >= 11 is 0. The van der Waals surface area contributed by atoms with Crippen molar-refractivity contribution in [1.29, 1.82) is 0 Å². The van der Waals surface area contributed by atoms with Crippen LogP contribution in [0.2, 0.25) is 0 Å². The Balaban J connectivity index is 0.868. The lowest BCUT2D eigenvalue weighted by molar-refractivity contribution is 0.768. The summed E-state index contributed by atoms with van der Waals surface area (Å²) in [6, 6.07) is 108. The van der Waals surface area contributed by atoms with Gasteiger partial charge in [-0.2, -0.15) is 0 Å². The maximum Gasteiger partial charge on any atom is 0.0714 e. The molecule has 0 spiro atoms. The molecule has 0 radical (unpaired) electrons. The molecule has 0 fully saturated rings. The molecular weight excluding hydrogens is 977 g/mol. The van der Waals surface area contributed by atoms with Crippen LogP contribution in [0.15, 0.2) is 291 Å². The van der Waals surface area contributed by atoms with Crippen LogP contribution in [0.1, 0.15) is 60.1 Å². The third-order valence-electron chi connectivity index (χ3n) is 16.9. The van der Waals surface area contributed by atoms with Crippen LogP contribution in [-0.2, 0) is 18.3 Å². The average Bonchev–Trinajstić information content (AvgIpc) is 2.88. The van der Waals surface area contributed by atoms with Crippen molar-refractivity contribution in [2.45, 2.75) is 44.9 Å². The van der Waals surface area contributed by atoms with Crippen LogP contribution in [0, 0.1) is 0 Å². The quantitative estimate of drug-likeness (QED) is 0.105. The SMILES string of the molecule is CCCc1ccc2c(c1)c1cc(CCC)ccc1n2-c1ccc(-c2ccc(-c3ccc(N(c4ccc5c(c4)C(c4ccccc4)(c4ccccc4)c4ccccc4-5)c4c(-c5ccccc5)cccc4-c4ccccc4)cc3)cc2)cc1. The normalized spacial score (nSPS) is 12.4. The van der Waals surface area contributed by atoms with Gasteiger partial charge >= 0.3 is 0 Å². The minimum Gasteiger partial charge on any atom is -0.309 e. The smallest absolute Gasteiger partial charge is 0.0714 e. The van der Waals surface area contributed by atoms with Crippen LogP contribution in [0.4, 0.5) is 17.1 Å². The number of nitrogens with zero attached hydrogens (tertiary/aromatic N) is 2. The molecular formula is C79H62N2. The highest BCUT2D eigenvalue weighted by Crippen LogP contribution is 2.58. The van der Waals surface area contributed by atoms with Crippen LogP contribution in [0.5, 0.6) is 0 Å². The highest BCUT2D eigenvalue weighted by atomic mass is 15.1. The predicted molar refractivity (Wildman–Crippen MR) is 343 cm³/mol. The number of anilines is 3. The fourth-order valence-electron chi connectivity index (χ4n) is 13.2. The van der Waals surface area contributed by atoms with E-state index in [9.17, 15) is 0 Å². The van der Waals surface area contributed by atoms with Crippen molar-refractivity contribution < 1.29 is 0 Å². The number of aryl methyl sites for hydroxylation is 2. The first-order valence-corrected chi connectivity index (χ1v) is 28.9. The zero-order valence-corrected chi connectivity index (χ0v) is 45.9. The molecule has 2 nitrogen and oxygen atoms in total. The Morgan fingerprint density at radius 1 is 0.321 bits per heavy atom. The zero-order chi connectivity index (χ0) is 54.3. The lowest BCUT2D eigenvalue weighted by Gasteiger charge is -2.35. The summed E-state index contributed by atoms with van der Waals surface area (Å²) in [4.78, 5) is 2.51. The van der Waals surface area contributed by atoms with Gasteiger partial charge in [-0.1, -0.05) is 257 Å². The Hall–Kier alpha value is -9.76. The Labute approximate surface area is 476 Å². The van der Waals surface area contributed by atoms with Gasteiger partial charge in [-0.05, 0) is 151 Å². The summed E-state index contributed by atoms with van der Waals surface area (Å²) in [5.74, 6) is 0. The minimum atomic E-state index is -0.557. The average molecular weight is 1040 g/mol. The number of para-hydroxylation sites is 1. The molecule has 12 aromatic carbocycles. The van der Waals surface area contributed by atoms with E-state index in [0.717, 1.165) is 70.6 Å². The van der Waals surface area contributed by atoms with Gasteiger partial charge in [-0.3, -0.25) is 0 Å². The number of hydrogen-bond acceptors (Lipinski definition) is 1. The first-order valence-electron chi connectivity index (χ1n) is 28.9. The van der Waals surface area contributed by atoms with Crippen molar-refractivity contribution in [2.75, 3.05) is 4.90 Å². The Morgan fingerprint density at radius 3 is 1.25 bits per heavy atom. The molecule has 388 valence electrons. The van der Waals surface area contributed by atoms with Crippen molar-refractivity contribution in [3.05, 3.63) is 325 Å². The molecule has 0 atom stereocenters. The van der Waals surface area contributed by atoms with Crippen LogP contribution in [-0.4, -0.2) is 4.57 Å². The topological polar surface area (TPSA) is 8.17 Å². The molecule has 1 aliphatic carbocycles. The Kier molecular flexibility index (Phi) is 12.9. The fourth-order valence-corrected chi connectivity index (χ4v) is 13.2. The van der Waals surface area contributed by atoms with Gasteiger partial charge in [0, 0.05) is 39.0 Å². The number of hydrogen-bond donors (Lipinski definition) is 0. The molecule has 13 aromatic rings. The minimum absolute atomic E-state index is 0.557. The standard InChI is InChI=1S/C79H62N2/c1-3-20-55-34-50-76-72(52-55)73-53-56(21-4-2)35-51-77(73)81(76)66-46-42-60(43-47-66)58-38-36-57(37-39-58)59-40-44-65(45-41-59)80(78-68(61-22-9-5-10-23-61)31-19-32-69(78)62-24-11-6-12-25-62)67-48-49-71-70-30-17-18-33-74(70)79(75(71)54-67,63-26-13-7-14-27-63)64-28-15-8-16-29-64/h5-19,22-54H,3-4,20-21H2,1-2H3. The van der Waals surface area contributed by atoms with Crippen molar-refractivity contribution in [3.63, 3.8) is 0 Å². The largest absolute Gasteiger partial charge is 0.309 e. The maximum absolute atomic E-state index is 2.51. The highest BCUT2D eigenvalue weighted by molar-refractivity contribution is 6.10. The number of rotatable bonds is 14. The van der Waals surface area contributed by atoms with Gasteiger partial charge in [0.2, 0.25) is 0 Å². The van der Waals surface area contributed by atoms with Crippen LogP contribution < -0.4 is 4.90 Å². The van der Waals surface area contributed by atoms with Crippen LogP contribution in [0.25, 0.3) is 83.1 Å². The second kappa shape index (κ2) is 21.1. The second-order valence-electron chi connectivity index (χ2n) is 21.7.